The number of halogens is 2. The summed E-state index contributed by atoms with van der Waals surface area (Å²) in [6.07, 6.45) is 4.84. The van der Waals surface area contributed by atoms with Crippen molar-refractivity contribution in [3.05, 3.63) is 106 Å². The minimum atomic E-state index is -0.708. The molecule has 0 bridgehead atoms. The van der Waals surface area contributed by atoms with Gasteiger partial charge in [-0.1, -0.05) is 46.6 Å². The second-order valence-electron chi connectivity index (χ2n) is 13.9. The number of aromatic nitrogens is 6. The van der Waals surface area contributed by atoms with E-state index >= 15 is 4.79 Å². The number of hydrogen-bond donors (Lipinski definition) is 0. The summed E-state index contributed by atoms with van der Waals surface area (Å²) in [6.45, 7) is 12.3. The van der Waals surface area contributed by atoms with Crippen LogP contribution in [-0.2, 0) is 13.5 Å². The Hall–Kier alpha value is -5.19. The number of aryl methyl sites for hydroxylation is 7. The Morgan fingerprint density at radius 1 is 0.962 bits per heavy atom. The van der Waals surface area contributed by atoms with Crippen molar-refractivity contribution < 1.29 is 14.1 Å². The van der Waals surface area contributed by atoms with Crippen molar-refractivity contribution in [2.45, 2.75) is 65.9 Å². The molecule has 2 atom stereocenters. The highest BCUT2D eigenvalue weighted by Crippen LogP contribution is 2.46. The van der Waals surface area contributed by atoms with Crippen molar-refractivity contribution in [1.29, 1.82) is 0 Å². The number of carbonyl (C=O) groups excluding carboxylic acids is 1. The lowest BCUT2D eigenvalue weighted by Crippen LogP contribution is -2.47. The van der Waals surface area contributed by atoms with Crippen LogP contribution in [-0.4, -0.2) is 47.3 Å². The minimum absolute atomic E-state index is 0.172. The molecule has 0 aliphatic carbocycles. The van der Waals surface area contributed by atoms with Crippen LogP contribution in [0.15, 0.2) is 65.6 Å². The fourth-order valence-corrected chi connectivity index (χ4v) is 8.27. The first-order valence-electron chi connectivity index (χ1n) is 17.7. The molecule has 12 heteroatoms. The van der Waals surface area contributed by atoms with Gasteiger partial charge in [-0.05, 0) is 101 Å². The van der Waals surface area contributed by atoms with Crippen molar-refractivity contribution in [1.82, 2.24) is 29.2 Å². The van der Waals surface area contributed by atoms with Crippen molar-refractivity contribution in [2.75, 3.05) is 11.5 Å². The smallest absolute Gasteiger partial charge is 0.276 e. The maximum absolute atomic E-state index is 15.2. The van der Waals surface area contributed by atoms with Gasteiger partial charge in [0.05, 0.1) is 23.9 Å². The molecular formula is C41H39Cl2N7O3. The van der Waals surface area contributed by atoms with Crippen LogP contribution in [0.4, 0.5) is 5.69 Å². The van der Waals surface area contributed by atoms with Crippen molar-refractivity contribution >= 4 is 56.6 Å². The van der Waals surface area contributed by atoms with Gasteiger partial charge in [-0.15, -0.1) is 0 Å². The summed E-state index contributed by atoms with van der Waals surface area (Å²) in [6, 6.07) is 15.8. The third-order valence-electron chi connectivity index (χ3n) is 10.4. The molecule has 0 N–H and O–H groups in total. The first kappa shape index (κ1) is 34.9. The van der Waals surface area contributed by atoms with Crippen LogP contribution in [0.5, 0.6) is 5.75 Å². The van der Waals surface area contributed by atoms with Crippen LogP contribution in [0, 0.1) is 34.6 Å². The molecule has 5 heterocycles. The van der Waals surface area contributed by atoms with E-state index in [1.165, 1.54) is 0 Å². The van der Waals surface area contributed by atoms with Crippen LogP contribution in [0.1, 0.15) is 63.8 Å². The van der Waals surface area contributed by atoms with Gasteiger partial charge in [0.1, 0.15) is 23.3 Å². The van der Waals surface area contributed by atoms with Gasteiger partial charge >= 0.3 is 0 Å². The summed E-state index contributed by atoms with van der Waals surface area (Å²) >= 11 is 13.9. The van der Waals surface area contributed by atoms with Gasteiger partial charge in [-0.25, -0.2) is 9.97 Å². The van der Waals surface area contributed by atoms with Crippen LogP contribution in [0.3, 0.4) is 0 Å². The predicted octanol–water partition coefficient (Wildman–Crippen LogP) is 9.63. The molecule has 1 amide bonds. The van der Waals surface area contributed by atoms with Gasteiger partial charge in [-0.3, -0.25) is 9.69 Å². The van der Waals surface area contributed by atoms with Crippen molar-refractivity contribution in [3.63, 3.8) is 0 Å². The van der Waals surface area contributed by atoms with E-state index in [-0.39, 0.29) is 11.9 Å². The number of fused-ring (bicyclic) bond motifs is 4. The van der Waals surface area contributed by atoms with Gasteiger partial charge in [0.15, 0.2) is 5.82 Å². The van der Waals surface area contributed by atoms with Crippen LogP contribution < -0.4 is 9.64 Å². The summed E-state index contributed by atoms with van der Waals surface area (Å²) in [5.74, 6) is 1.56. The lowest BCUT2D eigenvalue weighted by Gasteiger charge is -2.38. The molecule has 3 aromatic carbocycles. The predicted molar refractivity (Wildman–Crippen MR) is 209 cm³/mol. The molecule has 270 valence electrons. The molecule has 0 saturated heterocycles. The van der Waals surface area contributed by atoms with Gasteiger partial charge in [0.2, 0.25) is 0 Å². The topological polar surface area (TPSA) is 104 Å². The number of para-hydroxylation sites is 1. The Morgan fingerprint density at radius 2 is 1.70 bits per heavy atom. The fourth-order valence-electron chi connectivity index (χ4n) is 7.85. The van der Waals surface area contributed by atoms with Crippen molar-refractivity contribution in [2.24, 2.45) is 7.05 Å². The minimum Gasteiger partial charge on any atom is -0.494 e. The highest BCUT2D eigenvalue weighted by Gasteiger charge is 2.42. The fraction of sp³-hybridized carbons (Fsp3) is 0.293. The van der Waals surface area contributed by atoms with Gasteiger partial charge in [-0.2, -0.15) is 4.98 Å². The zero-order chi connectivity index (χ0) is 37.3. The average molecular weight is 749 g/mol. The third kappa shape index (κ3) is 5.75. The highest BCUT2D eigenvalue weighted by molar-refractivity contribution is 6.32. The number of rotatable bonds is 8. The molecule has 1 unspecified atom stereocenters. The van der Waals surface area contributed by atoms with Crippen LogP contribution in [0.25, 0.3) is 44.4 Å². The molecule has 1 aliphatic rings. The van der Waals surface area contributed by atoms with Crippen LogP contribution in [0.2, 0.25) is 5.02 Å². The van der Waals surface area contributed by atoms with E-state index in [1.54, 1.807) is 18.2 Å². The zero-order valence-corrected chi connectivity index (χ0v) is 32.2. The second-order valence-corrected chi connectivity index (χ2v) is 14.8. The quantitative estimate of drug-likeness (QED) is 0.0866. The first-order chi connectivity index (χ1) is 25.4. The second kappa shape index (κ2) is 13.3. The molecule has 0 spiro atoms. The summed E-state index contributed by atoms with van der Waals surface area (Å²) in [4.78, 5) is 30.5. The maximum Gasteiger partial charge on any atom is 0.276 e. The monoisotopic (exact) mass is 747 g/mol. The highest BCUT2D eigenvalue weighted by atomic mass is 35.5. The number of carbonyl (C=O) groups is 1. The number of alkyl halides is 1. The number of nitrogens with zero attached hydrogens (tertiary/aromatic N) is 7. The zero-order valence-electron chi connectivity index (χ0n) is 30.7. The summed E-state index contributed by atoms with van der Waals surface area (Å²) in [5.41, 5.74) is 9.81. The molecule has 4 aromatic heterocycles. The number of anilines is 1. The maximum atomic E-state index is 15.2. The summed E-state index contributed by atoms with van der Waals surface area (Å²) < 4.78 is 15.9. The molecule has 10 nitrogen and oxygen atoms in total. The van der Waals surface area contributed by atoms with E-state index in [9.17, 15) is 0 Å². The Balaban J connectivity index is 1.27. The number of amides is 1. The Kier molecular flexibility index (Phi) is 8.78. The van der Waals surface area contributed by atoms with E-state index in [4.69, 9.17) is 32.5 Å². The molecule has 0 fully saturated rings. The molecule has 0 radical (unpaired) electrons. The number of benzene rings is 3. The molecule has 0 saturated carbocycles. The number of ether oxygens (including phenoxy) is 1. The normalized spacial score (nSPS) is 15.9. The SMILES string of the molecule is Cc1noc(-c2ccc3c(c2)c(N2C(=O)c4c(CCCOc5cc(C)c(Cl)c(C)c5)c5cccc(-c6c(C)ncnc6C)c5n4C(C)[C@H]2Cl)cn3C)n1. The Bertz CT molecular complexity index is 2540. The lowest BCUT2D eigenvalue weighted by atomic mass is 9.98. The standard InChI is InChI=1S/C41H39Cl2N7O3/c1-21-16-28(17-22(2)36(21)42)52-15-9-12-30-29-10-8-11-31(35-23(3)44-20-45-24(35)4)37(29)49-25(5)39(43)50(41(51)38(30)49)34-19-48(7)33-14-13-27(18-32(33)34)40-46-26(6)47-53-40/h8,10-11,13-14,16-20,25,39H,9,12,15H2,1-7H3/t25?,39-/m0/s1. The Labute approximate surface area is 317 Å². The van der Waals surface area contributed by atoms with E-state index in [0.717, 1.165) is 77.3 Å². The van der Waals surface area contributed by atoms with Crippen molar-refractivity contribution in [3.8, 4) is 28.3 Å². The lowest BCUT2D eigenvalue weighted by molar-refractivity contribution is 0.0951. The van der Waals surface area contributed by atoms with E-state index in [1.807, 2.05) is 81.9 Å². The van der Waals surface area contributed by atoms with Crippen LogP contribution >= 0.6 is 23.2 Å². The largest absolute Gasteiger partial charge is 0.494 e. The molecule has 7 aromatic rings. The van der Waals surface area contributed by atoms with E-state index in [0.29, 0.717) is 42.5 Å². The van der Waals surface area contributed by atoms with E-state index in [2.05, 4.69) is 43.7 Å². The summed E-state index contributed by atoms with van der Waals surface area (Å²) in [7, 11) is 1.97. The van der Waals surface area contributed by atoms with Gasteiger partial charge < -0.3 is 18.4 Å². The van der Waals surface area contributed by atoms with Gasteiger partial charge in [0.25, 0.3) is 11.8 Å². The third-order valence-corrected chi connectivity index (χ3v) is 11.5. The van der Waals surface area contributed by atoms with Gasteiger partial charge in [0, 0.05) is 62.6 Å². The van der Waals surface area contributed by atoms with E-state index < -0.39 is 5.50 Å². The molecular weight excluding hydrogens is 709 g/mol. The molecule has 8 rings (SSSR count). The molecule has 1 aliphatic heterocycles. The number of hydrogen-bond acceptors (Lipinski definition) is 7. The first-order valence-corrected chi connectivity index (χ1v) is 18.5. The average Bonchev–Trinajstić information content (AvgIpc) is 3.81. The summed E-state index contributed by atoms with van der Waals surface area (Å²) in [5, 5.41) is 6.58. The Morgan fingerprint density at radius 3 is 2.40 bits per heavy atom. The molecule has 53 heavy (non-hydrogen) atoms.